The van der Waals surface area contributed by atoms with Crippen LogP contribution in [0.15, 0.2) is 53.7 Å². The van der Waals surface area contributed by atoms with Gasteiger partial charge in [0.1, 0.15) is 5.75 Å². The molecule has 0 saturated carbocycles. The number of anilines is 1. The number of tetrazole rings is 1. The van der Waals surface area contributed by atoms with E-state index in [1.165, 1.54) is 11.8 Å². The summed E-state index contributed by atoms with van der Waals surface area (Å²) in [5.41, 5.74) is 2.76. The third-order valence-corrected chi connectivity index (χ3v) is 4.64. The van der Waals surface area contributed by atoms with E-state index in [9.17, 15) is 4.79 Å². The smallest absolute Gasteiger partial charge is 0.225 e. The monoisotopic (exact) mass is 369 g/mol. The van der Waals surface area contributed by atoms with Gasteiger partial charge in [-0.3, -0.25) is 4.79 Å². The Balaban J connectivity index is 1.54. The van der Waals surface area contributed by atoms with E-state index in [0.29, 0.717) is 17.3 Å². The first-order valence-corrected chi connectivity index (χ1v) is 9.07. The highest BCUT2D eigenvalue weighted by Crippen LogP contribution is 2.21. The maximum absolute atomic E-state index is 12.1. The number of amides is 1. The zero-order valence-electron chi connectivity index (χ0n) is 14.5. The summed E-state index contributed by atoms with van der Waals surface area (Å²) in [6.07, 6.45) is 0.358. The van der Waals surface area contributed by atoms with Gasteiger partial charge in [-0.05, 0) is 53.2 Å². The largest absolute Gasteiger partial charge is 0.497 e. The SMILES string of the molecule is COc1ccc(NC(=O)CCSc2nnnn2-c2ccccc2C)cc1. The quantitative estimate of drug-likeness (QED) is 0.645. The lowest BCUT2D eigenvalue weighted by Gasteiger charge is -2.08. The maximum Gasteiger partial charge on any atom is 0.225 e. The number of hydrogen-bond acceptors (Lipinski definition) is 6. The number of para-hydroxylation sites is 1. The Hall–Kier alpha value is -2.87. The minimum atomic E-state index is -0.0578. The van der Waals surface area contributed by atoms with Crippen molar-refractivity contribution in [3.63, 3.8) is 0 Å². The lowest BCUT2D eigenvalue weighted by Crippen LogP contribution is -2.12. The van der Waals surface area contributed by atoms with Gasteiger partial charge in [-0.2, -0.15) is 4.68 Å². The second-order valence-corrected chi connectivity index (χ2v) is 6.60. The zero-order chi connectivity index (χ0) is 18.4. The third kappa shape index (κ3) is 4.40. The summed E-state index contributed by atoms with van der Waals surface area (Å²) in [6, 6.07) is 15.1. The number of carbonyl (C=O) groups excluding carboxylic acids is 1. The van der Waals surface area contributed by atoms with Gasteiger partial charge in [-0.25, -0.2) is 0 Å². The average Bonchev–Trinajstić information content (AvgIpc) is 3.11. The first-order chi connectivity index (χ1) is 12.7. The molecule has 0 aliphatic heterocycles. The van der Waals surface area contributed by atoms with E-state index in [-0.39, 0.29) is 5.91 Å². The van der Waals surface area contributed by atoms with Gasteiger partial charge in [-0.15, -0.1) is 5.10 Å². The number of aromatic nitrogens is 4. The Morgan fingerprint density at radius 3 is 2.69 bits per heavy atom. The van der Waals surface area contributed by atoms with Gasteiger partial charge < -0.3 is 10.1 Å². The molecule has 134 valence electrons. The molecule has 1 N–H and O–H groups in total. The zero-order valence-corrected chi connectivity index (χ0v) is 15.4. The van der Waals surface area contributed by atoms with Crippen molar-refractivity contribution in [1.29, 1.82) is 0 Å². The number of ether oxygens (including phenoxy) is 1. The van der Waals surface area contributed by atoms with Crippen LogP contribution in [0.25, 0.3) is 5.69 Å². The lowest BCUT2D eigenvalue weighted by molar-refractivity contribution is -0.115. The Labute approximate surface area is 155 Å². The highest BCUT2D eigenvalue weighted by molar-refractivity contribution is 7.99. The third-order valence-electron chi connectivity index (χ3n) is 3.72. The normalized spacial score (nSPS) is 10.5. The van der Waals surface area contributed by atoms with Crippen LogP contribution in [0, 0.1) is 6.92 Å². The van der Waals surface area contributed by atoms with Crippen molar-refractivity contribution in [3.8, 4) is 11.4 Å². The molecule has 0 atom stereocenters. The molecule has 0 bridgehead atoms. The molecule has 8 heteroatoms. The summed E-state index contributed by atoms with van der Waals surface area (Å²) in [5.74, 6) is 1.27. The molecule has 2 aromatic carbocycles. The van der Waals surface area contributed by atoms with Crippen LogP contribution >= 0.6 is 11.8 Å². The highest BCUT2D eigenvalue weighted by atomic mass is 32.2. The first-order valence-electron chi connectivity index (χ1n) is 8.08. The van der Waals surface area contributed by atoms with Crippen LogP contribution in [0.2, 0.25) is 0 Å². The number of aryl methyl sites for hydroxylation is 1. The van der Waals surface area contributed by atoms with Crippen molar-refractivity contribution >= 4 is 23.4 Å². The van der Waals surface area contributed by atoms with E-state index in [0.717, 1.165) is 22.7 Å². The number of nitrogens with zero attached hydrogens (tertiary/aromatic N) is 4. The predicted molar refractivity (Wildman–Crippen MR) is 101 cm³/mol. The molecule has 0 aliphatic rings. The number of benzene rings is 2. The van der Waals surface area contributed by atoms with Gasteiger partial charge in [0.2, 0.25) is 11.1 Å². The molecule has 0 radical (unpaired) electrons. The lowest BCUT2D eigenvalue weighted by atomic mass is 10.2. The molecule has 0 spiro atoms. The summed E-state index contributed by atoms with van der Waals surface area (Å²) >= 11 is 1.45. The molecule has 1 aromatic heterocycles. The molecule has 7 nitrogen and oxygen atoms in total. The molecule has 3 aromatic rings. The number of nitrogens with one attached hydrogen (secondary N) is 1. The molecule has 3 rings (SSSR count). The Morgan fingerprint density at radius 2 is 1.96 bits per heavy atom. The van der Waals surface area contributed by atoms with E-state index in [2.05, 4.69) is 20.8 Å². The highest BCUT2D eigenvalue weighted by Gasteiger charge is 2.11. The summed E-state index contributed by atoms with van der Waals surface area (Å²) < 4.78 is 6.80. The molecular formula is C18H19N5O2S. The molecule has 0 unspecified atom stereocenters. The standard InChI is InChI=1S/C18H19N5O2S/c1-13-5-3-4-6-16(13)23-18(20-21-22-23)26-12-11-17(24)19-14-7-9-15(25-2)10-8-14/h3-10H,11-12H2,1-2H3,(H,19,24). The van der Waals surface area contributed by atoms with E-state index >= 15 is 0 Å². The second-order valence-electron chi connectivity index (χ2n) is 5.53. The molecule has 1 amide bonds. The fourth-order valence-corrected chi connectivity index (χ4v) is 3.18. The van der Waals surface area contributed by atoms with Crippen LogP contribution in [-0.2, 0) is 4.79 Å². The van der Waals surface area contributed by atoms with Crippen LogP contribution in [0.3, 0.4) is 0 Å². The van der Waals surface area contributed by atoms with Gasteiger partial charge in [0.05, 0.1) is 12.8 Å². The number of hydrogen-bond donors (Lipinski definition) is 1. The van der Waals surface area contributed by atoms with Crippen molar-refractivity contribution in [2.24, 2.45) is 0 Å². The first kappa shape index (κ1) is 17.9. The summed E-state index contributed by atoms with van der Waals surface area (Å²) in [5, 5.41) is 15.4. The van der Waals surface area contributed by atoms with Crippen molar-refractivity contribution in [1.82, 2.24) is 20.2 Å². The van der Waals surface area contributed by atoms with Gasteiger partial charge >= 0.3 is 0 Å². The van der Waals surface area contributed by atoms with Crippen molar-refractivity contribution in [3.05, 3.63) is 54.1 Å². The van der Waals surface area contributed by atoms with Crippen LogP contribution in [0.5, 0.6) is 5.75 Å². The summed E-state index contributed by atoms with van der Waals surface area (Å²) in [6.45, 7) is 2.01. The molecule has 26 heavy (non-hydrogen) atoms. The fraction of sp³-hybridized carbons (Fsp3) is 0.222. The number of rotatable bonds is 7. The molecule has 0 aliphatic carbocycles. The Bertz CT molecular complexity index is 879. The van der Waals surface area contributed by atoms with Gasteiger partial charge in [-0.1, -0.05) is 30.0 Å². The molecular weight excluding hydrogens is 350 g/mol. The number of methoxy groups -OCH3 is 1. The minimum Gasteiger partial charge on any atom is -0.497 e. The Morgan fingerprint density at radius 1 is 1.19 bits per heavy atom. The van der Waals surface area contributed by atoms with Gasteiger partial charge in [0.15, 0.2) is 0 Å². The van der Waals surface area contributed by atoms with Gasteiger partial charge in [0.25, 0.3) is 0 Å². The van der Waals surface area contributed by atoms with Crippen LogP contribution in [0.1, 0.15) is 12.0 Å². The minimum absolute atomic E-state index is 0.0578. The van der Waals surface area contributed by atoms with Gasteiger partial charge in [0, 0.05) is 17.9 Å². The van der Waals surface area contributed by atoms with Crippen LogP contribution in [0.4, 0.5) is 5.69 Å². The van der Waals surface area contributed by atoms with E-state index in [4.69, 9.17) is 4.74 Å². The number of carbonyl (C=O) groups is 1. The summed E-state index contributed by atoms with van der Waals surface area (Å²) in [7, 11) is 1.61. The molecule has 1 heterocycles. The van der Waals surface area contributed by atoms with E-state index < -0.39 is 0 Å². The molecule has 0 saturated heterocycles. The fourth-order valence-electron chi connectivity index (χ4n) is 2.35. The van der Waals surface area contributed by atoms with Crippen molar-refractivity contribution in [2.75, 3.05) is 18.2 Å². The van der Waals surface area contributed by atoms with E-state index in [1.807, 2.05) is 43.3 Å². The topological polar surface area (TPSA) is 81.9 Å². The molecule has 0 fully saturated rings. The van der Waals surface area contributed by atoms with Crippen molar-refractivity contribution < 1.29 is 9.53 Å². The Kier molecular flexibility index (Phi) is 5.85. The maximum atomic E-state index is 12.1. The second kappa shape index (κ2) is 8.48. The van der Waals surface area contributed by atoms with Crippen LogP contribution in [-0.4, -0.2) is 39.0 Å². The predicted octanol–water partition coefficient (Wildman–Crippen LogP) is 3.10. The summed E-state index contributed by atoms with van der Waals surface area (Å²) in [4.78, 5) is 12.1. The van der Waals surface area contributed by atoms with E-state index in [1.54, 1.807) is 23.9 Å². The van der Waals surface area contributed by atoms with Crippen molar-refractivity contribution in [2.45, 2.75) is 18.5 Å². The average molecular weight is 369 g/mol. The number of thioether (sulfide) groups is 1. The van der Waals surface area contributed by atoms with Crippen LogP contribution < -0.4 is 10.1 Å².